The fraction of sp³-hybridized carbons (Fsp3) is 0.400. The third kappa shape index (κ3) is 2.58. The highest BCUT2D eigenvalue weighted by Gasteiger charge is 2.04. The van der Waals surface area contributed by atoms with Crippen molar-refractivity contribution in [3.05, 3.63) is 12.0 Å². The number of hydrogen-bond acceptors (Lipinski definition) is 3. The Kier molecular flexibility index (Phi) is 3.27. The van der Waals surface area contributed by atoms with Gasteiger partial charge < -0.3 is 14.6 Å². The Morgan fingerprint density at radius 1 is 1.56 bits per heavy atom. The second-order valence-electron chi connectivity index (χ2n) is 1.23. The zero-order chi connectivity index (χ0) is 7.28. The minimum absolute atomic E-state index is 0.211. The molecule has 0 aromatic rings. The lowest BCUT2D eigenvalue weighted by atomic mass is 10.6. The smallest absolute Gasteiger partial charge is 0.374 e. The van der Waals surface area contributed by atoms with Crippen molar-refractivity contribution in [1.82, 2.24) is 0 Å². The quantitative estimate of drug-likeness (QED) is 0.440. The Labute approximate surface area is 52.7 Å². The zero-order valence-corrected chi connectivity index (χ0v) is 5.25. The Hall–Kier alpha value is -1.19. The van der Waals surface area contributed by atoms with Crippen LogP contribution >= 0.6 is 0 Å². The fourth-order valence-corrected chi connectivity index (χ4v) is 0.293. The number of rotatable bonds is 3. The van der Waals surface area contributed by atoms with Crippen LogP contribution < -0.4 is 0 Å². The summed E-state index contributed by atoms with van der Waals surface area (Å²) in [6.45, 7) is 0. The van der Waals surface area contributed by atoms with E-state index in [1.54, 1.807) is 0 Å². The Morgan fingerprint density at radius 3 is 2.22 bits per heavy atom. The van der Waals surface area contributed by atoms with Crippen LogP contribution in [0.2, 0.25) is 0 Å². The molecule has 0 unspecified atom stereocenters. The summed E-state index contributed by atoms with van der Waals surface area (Å²) in [6, 6.07) is 0. The summed E-state index contributed by atoms with van der Waals surface area (Å²) < 4.78 is 8.78. The minimum atomic E-state index is -1.14. The largest absolute Gasteiger partial charge is 0.500 e. The zero-order valence-electron chi connectivity index (χ0n) is 5.25. The summed E-state index contributed by atoms with van der Waals surface area (Å²) in [7, 11) is 2.61. The van der Waals surface area contributed by atoms with E-state index >= 15 is 0 Å². The second-order valence-corrected chi connectivity index (χ2v) is 1.23. The molecule has 0 heterocycles. The van der Waals surface area contributed by atoms with E-state index in [9.17, 15) is 4.79 Å². The van der Waals surface area contributed by atoms with Gasteiger partial charge in [-0.25, -0.2) is 4.79 Å². The second kappa shape index (κ2) is 3.77. The van der Waals surface area contributed by atoms with E-state index in [1.807, 2.05) is 0 Å². The lowest BCUT2D eigenvalue weighted by Crippen LogP contribution is -2.02. The van der Waals surface area contributed by atoms with Crippen LogP contribution in [-0.2, 0) is 14.3 Å². The topological polar surface area (TPSA) is 55.8 Å². The van der Waals surface area contributed by atoms with Crippen molar-refractivity contribution < 1.29 is 19.4 Å². The molecule has 0 rings (SSSR count). The summed E-state index contributed by atoms with van der Waals surface area (Å²) in [5.74, 6) is -1.35. The van der Waals surface area contributed by atoms with Crippen molar-refractivity contribution in [1.29, 1.82) is 0 Å². The Bertz CT molecular complexity index is 127. The van der Waals surface area contributed by atoms with Crippen molar-refractivity contribution in [2.45, 2.75) is 0 Å². The van der Waals surface area contributed by atoms with E-state index in [2.05, 4.69) is 9.47 Å². The van der Waals surface area contributed by atoms with E-state index < -0.39 is 5.97 Å². The highest BCUT2D eigenvalue weighted by atomic mass is 16.5. The highest BCUT2D eigenvalue weighted by molar-refractivity contribution is 5.83. The van der Waals surface area contributed by atoms with Gasteiger partial charge in [-0.3, -0.25) is 0 Å². The maximum Gasteiger partial charge on any atom is 0.374 e. The van der Waals surface area contributed by atoms with Gasteiger partial charge in [-0.15, -0.1) is 0 Å². The maximum atomic E-state index is 10.0. The lowest BCUT2D eigenvalue weighted by Gasteiger charge is -1.96. The third-order valence-corrected chi connectivity index (χ3v) is 0.656. The van der Waals surface area contributed by atoms with Gasteiger partial charge in [0.1, 0.15) is 6.26 Å². The van der Waals surface area contributed by atoms with Gasteiger partial charge in [0.25, 0.3) is 0 Å². The molecular weight excluding hydrogens is 124 g/mol. The molecule has 0 saturated carbocycles. The predicted octanol–water partition coefficient (Wildman–Crippen LogP) is 0.205. The molecular formula is C5H8O4. The van der Waals surface area contributed by atoms with E-state index in [0.717, 1.165) is 6.26 Å². The molecule has 0 saturated heterocycles. The number of carbonyl (C=O) groups is 1. The van der Waals surface area contributed by atoms with E-state index in [4.69, 9.17) is 5.11 Å². The van der Waals surface area contributed by atoms with Gasteiger partial charge in [0.15, 0.2) is 0 Å². The van der Waals surface area contributed by atoms with Crippen LogP contribution in [-0.4, -0.2) is 25.3 Å². The molecule has 4 heteroatoms. The molecule has 0 aliphatic heterocycles. The van der Waals surface area contributed by atoms with Crippen molar-refractivity contribution in [3.63, 3.8) is 0 Å². The first-order valence-electron chi connectivity index (χ1n) is 2.22. The first-order valence-corrected chi connectivity index (χ1v) is 2.22. The van der Waals surface area contributed by atoms with Crippen LogP contribution in [0.5, 0.6) is 0 Å². The average Bonchev–Trinajstić information content (AvgIpc) is 1.82. The number of aliphatic carboxylic acids is 1. The van der Waals surface area contributed by atoms with E-state index in [-0.39, 0.29) is 5.76 Å². The fourth-order valence-electron chi connectivity index (χ4n) is 0.293. The molecule has 1 N–H and O–H groups in total. The standard InChI is InChI=1S/C5H8O4/c1-8-3-4(9-2)5(6)7/h3H,1-2H3,(H,6,7). The van der Waals surface area contributed by atoms with Crippen LogP contribution in [0.25, 0.3) is 0 Å². The van der Waals surface area contributed by atoms with E-state index in [1.165, 1.54) is 14.2 Å². The van der Waals surface area contributed by atoms with Gasteiger partial charge in [0, 0.05) is 0 Å². The SMILES string of the molecule is COC=C(OC)C(=O)O. The molecule has 0 atom stereocenters. The lowest BCUT2D eigenvalue weighted by molar-refractivity contribution is -0.136. The summed E-state index contributed by atoms with van der Waals surface area (Å²) >= 11 is 0. The Morgan fingerprint density at radius 2 is 2.11 bits per heavy atom. The van der Waals surface area contributed by atoms with Crippen LogP contribution in [0.1, 0.15) is 0 Å². The summed E-state index contributed by atoms with van der Waals surface area (Å²) in [5, 5.41) is 8.23. The number of hydrogen-bond donors (Lipinski definition) is 1. The van der Waals surface area contributed by atoms with Crippen molar-refractivity contribution in [3.8, 4) is 0 Å². The number of carboxylic acid groups (broad SMARTS) is 1. The summed E-state index contributed by atoms with van der Waals surface area (Å²) in [4.78, 5) is 10.0. The molecule has 0 aliphatic rings. The van der Waals surface area contributed by atoms with Crippen LogP contribution in [0.4, 0.5) is 0 Å². The highest BCUT2D eigenvalue weighted by Crippen LogP contribution is 1.93. The van der Waals surface area contributed by atoms with Gasteiger partial charge in [-0.1, -0.05) is 0 Å². The van der Waals surface area contributed by atoms with Gasteiger partial charge in [0.2, 0.25) is 5.76 Å². The van der Waals surface area contributed by atoms with Crippen molar-refractivity contribution in [2.75, 3.05) is 14.2 Å². The van der Waals surface area contributed by atoms with Gasteiger partial charge in [-0.2, -0.15) is 0 Å². The summed E-state index contributed by atoms with van der Waals surface area (Å²) in [5.41, 5.74) is 0. The molecule has 0 aliphatic carbocycles. The molecule has 0 aromatic heterocycles. The van der Waals surface area contributed by atoms with Crippen LogP contribution in [0.3, 0.4) is 0 Å². The van der Waals surface area contributed by atoms with E-state index in [0.29, 0.717) is 0 Å². The first kappa shape index (κ1) is 7.81. The van der Waals surface area contributed by atoms with Crippen LogP contribution in [0.15, 0.2) is 12.0 Å². The van der Waals surface area contributed by atoms with Gasteiger partial charge in [-0.05, 0) is 0 Å². The molecule has 0 radical (unpaired) electrons. The molecule has 0 amide bonds. The third-order valence-electron chi connectivity index (χ3n) is 0.656. The average molecular weight is 132 g/mol. The van der Waals surface area contributed by atoms with Crippen molar-refractivity contribution >= 4 is 5.97 Å². The minimum Gasteiger partial charge on any atom is -0.500 e. The maximum absolute atomic E-state index is 10.0. The van der Waals surface area contributed by atoms with Crippen LogP contribution in [0, 0.1) is 0 Å². The predicted molar refractivity (Wildman–Crippen MR) is 29.7 cm³/mol. The molecule has 9 heavy (non-hydrogen) atoms. The van der Waals surface area contributed by atoms with Gasteiger partial charge in [0.05, 0.1) is 14.2 Å². The molecule has 4 nitrogen and oxygen atoms in total. The number of ether oxygens (including phenoxy) is 2. The molecule has 0 spiro atoms. The molecule has 0 aromatic carbocycles. The first-order chi connectivity index (χ1) is 4.22. The Balaban J connectivity index is 3.98. The number of methoxy groups -OCH3 is 2. The summed E-state index contributed by atoms with van der Waals surface area (Å²) in [6.07, 6.45) is 1.02. The molecule has 0 bridgehead atoms. The molecule has 52 valence electrons. The number of carboxylic acids is 1. The monoisotopic (exact) mass is 132 g/mol. The van der Waals surface area contributed by atoms with Crippen molar-refractivity contribution in [2.24, 2.45) is 0 Å². The van der Waals surface area contributed by atoms with Gasteiger partial charge >= 0.3 is 5.97 Å². The normalized spacial score (nSPS) is 10.7. The molecule has 0 fully saturated rings.